The molecule has 0 bridgehead atoms. The number of aromatic nitrogens is 1. The Kier molecular flexibility index (Phi) is 7.67. The molecule has 0 atom stereocenters. The summed E-state index contributed by atoms with van der Waals surface area (Å²) in [4.78, 5) is 4.15. The quantitative estimate of drug-likeness (QED) is 0.598. The number of rotatable bonds is 4. The van der Waals surface area contributed by atoms with Crippen LogP contribution >= 0.6 is 11.8 Å². The van der Waals surface area contributed by atoms with Crippen molar-refractivity contribution in [3.05, 3.63) is 35.4 Å². The molecular formula is C10H12BF3KNS. The van der Waals surface area contributed by atoms with Gasteiger partial charge in [-0.1, -0.05) is 0 Å². The number of halogens is 3. The van der Waals surface area contributed by atoms with Crippen molar-refractivity contribution in [2.24, 2.45) is 0 Å². The molecule has 0 radical (unpaired) electrons. The van der Waals surface area contributed by atoms with E-state index >= 15 is 0 Å². The molecule has 0 saturated carbocycles. The molecule has 1 aromatic rings. The van der Waals surface area contributed by atoms with Gasteiger partial charge in [0, 0.05) is 5.69 Å². The maximum absolute atomic E-state index is 12.2. The first-order valence-corrected chi connectivity index (χ1v) is 5.73. The van der Waals surface area contributed by atoms with Crippen LogP contribution in [0, 0.1) is 13.8 Å². The van der Waals surface area contributed by atoms with Crippen molar-refractivity contribution >= 4 is 18.7 Å². The molecule has 0 aromatic carbocycles. The summed E-state index contributed by atoms with van der Waals surface area (Å²) in [7, 11) is 0. The second kappa shape index (κ2) is 7.35. The summed E-state index contributed by atoms with van der Waals surface area (Å²) in [5.41, 5.74) is 1.13. The molecule has 0 spiro atoms. The van der Waals surface area contributed by atoms with E-state index in [-0.39, 0.29) is 57.1 Å². The molecule has 17 heavy (non-hydrogen) atoms. The number of pyridine rings is 1. The Labute approximate surface area is 146 Å². The summed E-state index contributed by atoms with van der Waals surface area (Å²) >= 11 is 1.07. The first kappa shape index (κ1) is 17.7. The summed E-state index contributed by atoms with van der Waals surface area (Å²) < 4.78 is 36.7. The predicted molar refractivity (Wildman–Crippen MR) is 62.7 cm³/mol. The van der Waals surface area contributed by atoms with Gasteiger partial charge >= 0.3 is 58.4 Å². The monoisotopic (exact) mass is 285 g/mol. The summed E-state index contributed by atoms with van der Waals surface area (Å²) in [6.45, 7) is 1.82. The zero-order valence-corrected chi connectivity index (χ0v) is 14.1. The van der Waals surface area contributed by atoms with Gasteiger partial charge in [0.15, 0.2) is 0 Å². The fourth-order valence-electron chi connectivity index (χ4n) is 1.14. The fourth-order valence-corrected chi connectivity index (χ4v) is 2.14. The molecule has 1 rings (SSSR count). The summed E-state index contributed by atoms with van der Waals surface area (Å²) in [5.74, 6) is -0.153. The Balaban J connectivity index is 0.00000256. The van der Waals surface area contributed by atoms with Gasteiger partial charge in [-0.2, -0.15) is 0 Å². The number of nitrogens with zero attached hydrogens (tertiary/aromatic N) is 1. The van der Waals surface area contributed by atoms with Crippen LogP contribution < -0.4 is 51.4 Å². The van der Waals surface area contributed by atoms with Gasteiger partial charge in [0.2, 0.25) is 0 Å². The van der Waals surface area contributed by atoms with Crippen molar-refractivity contribution in [1.29, 1.82) is 0 Å². The SMILES string of the molecule is C=C(CSc1cc(C)cc(C)n1)[B-](F)(F)F.[K+]. The minimum Gasteiger partial charge on any atom is -0.445 e. The largest absolute Gasteiger partial charge is 1.00 e. The predicted octanol–water partition coefficient (Wildman–Crippen LogP) is 0.737. The molecule has 88 valence electrons. The third-order valence-corrected chi connectivity index (χ3v) is 2.96. The van der Waals surface area contributed by atoms with E-state index in [0.29, 0.717) is 5.03 Å². The van der Waals surface area contributed by atoms with Gasteiger partial charge in [0.25, 0.3) is 0 Å². The molecule has 0 unspecified atom stereocenters. The average molecular weight is 285 g/mol. The van der Waals surface area contributed by atoms with Crippen molar-refractivity contribution in [1.82, 2.24) is 4.98 Å². The molecule has 0 fully saturated rings. The van der Waals surface area contributed by atoms with Crippen LogP contribution in [0.25, 0.3) is 0 Å². The topological polar surface area (TPSA) is 12.9 Å². The zero-order valence-electron chi connectivity index (χ0n) is 10.1. The van der Waals surface area contributed by atoms with Crippen LogP contribution in [0.2, 0.25) is 0 Å². The van der Waals surface area contributed by atoms with Gasteiger partial charge in [-0.05, 0) is 37.3 Å². The Morgan fingerprint density at radius 1 is 1.35 bits per heavy atom. The van der Waals surface area contributed by atoms with Crippen LogP contribution in [0.4, 0.5) is 12.9 Å². The zero-order chi connectivity index (χ0) is 12.3. The van der Waals surface area contributed by atoms with Crippen molar-refractivity contribution < 1.29 is 64.3 Å². The number of thioether (sulfide) groups is 1. The number of hydrogen-bond acceptors (Lipinski definition) is 2. The van der Waals surface area contributed by atoms with E-state index in [2.05, 4.69) is 11.6 Å². The Morgan fingerprint density at radius 3 is 2.41 bits per heavy atom. The van der Waals surface area contributed by atoms with Crippen molar-refractivity contribution in [2.75, 3.05) is 5.75 Å². The van der Waals surface area contributed by atoms with Gasteiger partial charge in [-0.15, -0.1) is 23.8 Å². The molecule has 0 aliphatic rings. The van der Waals surface area contributed by atoms with E-state index < -0.39 is 12.4 Å². The molecule has 0 saturated heterocycles. The van der Waals surface area contributed by atoms with Crippen LogP contribution in [-0.4, -0.2) is 17.7 Å². The Bertz CT molecular complexity index is 389. The van der Waals surface area contributed by atoms with E-state index in [0.717, 1.165) is 23.0 Å². The maximum atomic E-state index is 12.2. The van der Waals surface area contributed by atoms with E-state index in [1.807, 2.05) is 19.9 Å². The maximum Gasteiger partial charge on any atom is 1.00 e. The molecule has 0 amide bonds. The van der Waals surface area contributed by atoms with Crippen molar-refractivity contribution in [3.8, 4) is 0 Å². The standard InChI is InChI=1S/C10H12BF3NS.K/c1-7-4-9(3)15-10(5-7)16-6-8(2)11(12,13)14;/h4-5H,2,6H2,1,3H3;/q-1;+1. The second-order valence-corrected chi connectivity index (χ2v) is 4.64. The number of hydrogen-bond donors (Lipinski definition) is 0. The van der Waals surface area contributed by atoms with E-state index in [1.54, 1.807) is 6.07 Å². The van der Waals surface area contributed by atoms with Crippen molar-refractivity contribution in [3.63, 3.8) is 0 Å². The van der Waals surface area contributed by atoms with Crippen LogP contribution in [0.5, 0.6) is 0 Å². The molecule has 0 N–H and O–H groups in total. The van der Waals surface area contributed by atoms with Gasteiger partial charge in [-0.3, -0.25) is 0 Å². The number of aryl methyl sites for hydroxylation is 2. The summed E-state index contributed by atoms with van der Waals surface area (Å²) in [5, 5.41) is 0.610. The van der Waals surface area contributed by atoms with Crippen molar-refractivity contribution in [2.45, 2.75) is 18.9 Å². The van der Waals surface area contributed by atoms with Gasteiger partial charge in [0.1, 0.15) is 0 Å². The van der Waals surface area contributed by atoms with E-state index in [4.69, 9.17) is 0 Å². The molecule has 0 aliphatic carbocycles. The average Bonchev–Trinajstić information content (AvgIpc) is 2.11. The van der Waals surface area contributed by atoms with Gasteiger partial charge in [0.05, 0.1) is 5.03 Å². The van der Waals surface area contributed by atoms with E-state index in [9.17, 15) is 12.9 Å². The minimum atomic E-state index is -4.93. The second-order valence-electron chi connectivity index (χ2n) is 3.65. The van der Waals surface area contributed by atoms with Crippen LogP contribution in [0.15, 0.2) is 29.2 Å². The summed E-state index contributed by atoms with van der Waals surface area (Å²) in [6.07, 6.45) is 0. The Morgan fingerprint density at radius 2 is 1.94 bits per heavy atom. The molecule has 7 heteroatoms. The molecule has 1 heterocycles. The van der Waals surface area contributed by atoms with Crippen LogP contribution in [-0.2, 0) is 0 Å². The minimum absolute atomic E-state index is 0. The third kappa shape index (κ3) is 6.45. The van der Waals surface area contributed by atoms with Crippen LogP contribution in [0.3, 0.4) is 0 Å². The molecule has 1 nitrogen and oxygen atoms in total. The normalized spacial score (nSPS) is 10.9. The smallest absolute Gasteiger partial charge is 0.445 e. The Hall–Kier alpha value is 0.731. The van der Waals surface area contributed by atoms with Gasteiger partial charge in [-0.25, -0.2) is 4.98 Å². The summed E-state index contributed by atoms with van der Waals surface area (Å²) in [6, 6.07) is 3.65. The van der Waals surface area contributed by atoms with E-state index in [1.165, 1.54) is 0 Å². The fraction of sp³-hybridized carbons (Fsp3) is 0.300. The first-order valence-electron chi connectivity index (χ1n) is 4.75. The molecule has 0 aliphatic heterocycles. The third-order valence-electron chi connectivity index (χ3n) is 1.94. The molecule has 1 aromatic heterocycles. The molecular weight excluding hydrogens is 273 g/mol. The van der Waals surface area contributed by atoms with Crippen LogP contribution in [0.1, 0.15) is 11.3 Å². The first-order chi connectivity index (χ1) is 7.29. The van der Waals surface area contributed by atoms with Gasteiger partial charge < -0.3 is 12.9 Å².